The van der Waals surface area contributed by atoms with Gasteiger partial charge >= 0.3 is 11.9 Å². The minimum atomic E-state index is -4.01. The molecule has 1 aliphatic heterocycles. The van der Waals surface area contributed by atoms with Crippen LogP contribution in [0.1, 0.15) is 94.1 Å². The van der Waals surface area contributed by atoms with Crippen molar-refractivity contribution in [1.29, 1.82) is 0 Å². The lowest BCUT2D eigenvalue weighted by Gasteiger charge is -2.34. The van der Waals surface area contributed by atoms with Gasteiger partial charge in [-0.15, -0.1) is 0 Å². The summed E-state index contributed by atoms with van der Waals surface area (Å²) in [6, 6.07) is 25.1. The van der Waals surface area contributed by atoms with Crippen LogP contribution in [0.3, 0.4) is 0 Å². The van der Waals surface area contributed by atoms with Gasteiger partial charge in [-0.3, -0.25) is 14.4 Å². The van der Waals surface area contributed by atoms with Gasteiger partial charge in [0, 0.05) is 42.6 Å². The zero-order chi connectivity index (χ0) is 39.8. The molecule has 6 rings (SSSR count). The molecule has 1 saturated heterocycles. The summed E-state index contributed by atoms with van der Waals surface area (Å²) in [5.41, 5.74) is 4.26. The van der Waals surface area contributed by atoms with E-state index in [-0.39, 0.29) is 39.9 Å². The topological polar surface area (TPSA) is 173 Å². The first-order valence-corrected chi connectivity index (χ1v) is 20.6. The molecule has 2 aliphatic rings. The molecule has 4 aromatic carbocycles. The van der Waals surface area contributed by atoms with Crippen molar-refractivity contribution < 1.29 is 37.8 Å². The van der Waals surface area contributed by atoms with E-state index < -0.39 is 39.7 Å². The Morgan fingerprint density at radius 2 is 1.43 bits per heavy atom. The summed E-state index contributed by atoms with van der Waals surface area (Å²) in [5.74, 6) is -3.31. The Kier molecular flexibility index (Phi) is 12.9. The predicted octanol–water partition coefficient (Wildman–Crippen LogP) is 7.32. The third kappa shape index (κ3) is 9.64. The maximum atomic E-state index is 14.0. The number of rotatable bonds is 14. The van der Waals surface area contributed by atoms with Crippen LogP contribution in [0.15, 0.2) is 95.9 Å². The van der Waals surface area contributed by atoms with Gasteiger partial charge in [-0.2, -0.15) is 4.31 Å². The summed E-state index contributed by atoms with van der Waals surface area (Å²) in [6.45, 7) is 3.65. The van der Waals surface area contributed by atoms with E-state index in [1.807, 2.05) is 24.3 Å². The van der Waals surface area contributed by atoms with Crippen molar-refractivity contribution >= 4 is 50.8 Å². The highest BCUT2D eigenvalue weighted by Gasteiger charge is 2.35. The molecular formula is C43H48N4O8S. The Bertz CT molecular complexity index is 2180. The number of aliphatic carboxylic acids is 1. The largest absolute Gasteiger partial charge is 0.481 e. The quantitative estimate of drug-likeness (QED) is 0.102. The molecular weight excluding hydrogens is 733 g/mol. The Balaban J connectivity index is 1.20. The third-order valence-corrected chi connectivity index (χ3v) is 12.8. The number of carboxylic acids is 2. The number of piperidine rings is 1. The molecule has 4 N–H and O–H groups in total. The fourth-order valence-electron chi connectivity index (χ4n) is 7.65. The second kappa shape index (κ2) is 17.9. The van der Waals surface area contributed by atoms with E-state index in [0.29, 0.717) is 44.2 Å². The summed E-state index contributed by atoms with van der Waals surface area (Å²) in [7, 11) is -4.01. The van der Waals surface area contributed by atoms with Crippen LogP contribution in [-0.2, 0) is 27.7 Å². The predicted molar refractivity (Wildman–Crippen MR) is 215 cm³/mol. The SMILES string of the molecule is CCN([C@H]1CC[C@H](C(=O)O)CC1)S(=O)(=O)c1cccc(C(=O)Nc2ccc(N3CCCCC3)cc2C(=O)Nc2cccc(CCc3ccc(C(=O)O)cc3)c2)c1. The van der Waals surface area contributed by atoms with Crippen molar-refractivity contribution in [1.82, 2.24) is 4.31 Å². The van der Waals surface area contributed by atoms with E-state index in [4.69, 9.17) is 0 Å². The molecule has 0 atom stereocenters. The van der Waals surface area contributed by atoms with E-state index in [1.54, 1.807) is 49.4 Å². The van der Waals surface area contributed by atoms with E-state index in [0.717, 1.165) is 49.2 Å². The van der Waals surface area contributed by atoms with Crippen LogP contribution in [0.5, 0.6) is 0 Å². The van der Waals surface area contributed by atoms with Gasteiger partial charge in [-0.1, -0.05) is 37.3 Å². The molecule has 1 saturated carbocycles. The van der Waals surface area contributed by atoms with Crippen LogP contribution in [0.4, 0.5) is 17.1 Å². The van der Waals surface area contributed by atoms with Gasteiger partial charge in [0.25, 0.3) is 11.8 Å². The molecule has 0 aromatic heterocycles. The normalized spacial score (nSPS) is 17.3. The summed E-state index contributed by atoms with van der Waals surface area (Å²) in [6.07, 6.45) is 6.24. The van der Waals surface area contributed by atoms with E-state index in [1.165, 1.54) is 28.6 Å². The van der Waals surface area contributed by atoms with Crippen LogP contribution >= 0.6 is 0 Å². The zero-order valence-corrected chi connectivity index (χ0v) is 32.3. The average molecular weight is 781 g/mol. The van der Waals surface area contributed by atoms with E-state index in [9.17, 15) is 37.8 Å². The van der Waals surface area contributed by atoms with Gasteiger partial charge in [-0.05, 0) is 130 Å². The Morgan fingerprint density at radius 1 is 0.732 bits per heavy atom. The number of nitrogens with one attached hydrogen (secondary N) is 2. The van der Waals surface area contributed by atoms with Crippen molar-refractivity contribution in [2.75, 3.05) is 35.2 Å². The van der Waals surface area contributed by atoms with Gasteiger partial charge < -0.3 is 25.7 Å². The number of carbonyl (C=O) groups is 4. The maximum absolute atomic E-state index is 14.0. The molecule has 0 spiro atoms. The summed E-state index contributed by atoms with van der Waals surface area (Å²) in [5, 5.41) is 24.5. The molecule has 0 bridgehead atoms. The van der Waals surface area contributed by atoms with Gasteiger partial charge in [0.1, 0.15) is 0 Å². The lowest BCUT2D eigenvalue weighted by molar-refractivity contribution is -0.143. The van der Waals surface area contributed by atoms with Gasteiger partial charge in [0.15, 0.2) is 0 Å². The average Bonchev–Trinajstić information content (AvgIpc) is 3.21. The number of aromatic carboxylic acids is 1. The van der Waals surface area contributed by atoms with Crippen LogP contribution in [0.25, 0.3) is 0 Å². The number of hydrogen-bond acceptors (Lipinski definition) is 7. The van der Waals surface area contributed by atoms with Crippen LogP contribution in [0, 0.1) is 5.92 Å². The number of hydrogen-bond donors (Lipinski definition) is 4. The fourth-order valence-corrected chi connectivity index (χ4v) is 9.39. The first-order valence-electron chi connectivity index (χ1n) is 19.2. The first-order chi connectivity index (χ1) is 26.9. The molecule has 13 heteroatoms. The molecule has 294 valence electrons. The number of nitrogens with zero attached hydrogens (tertiary/aromatic N) is 2. The molecule has 2 fully saturated rings. The van der Waals surface area contributed by atoms with E-state index in [2.05, 4.69) is 15.5 Å². The molecule has 0 radical (unpaired) electrons. The number of sulfonamides is 1. The van der Waals surface area contributed by atoms with Crippen LogP contribution in [-0.4, -0.2) is 72.4 Å². The molecule has 1 aliphatic carbocycles. The van der Waals surface area contributed by atoms with Crippen molar-refractivity contribution in [3.8, 4) is 0 Å². The number of amides is 2. The molecule has 1 heterocycles. The Morgan fingerprint density at radius 3 is 2.11 bits per heavy atom. The number of aryl methyl sites for hydroxylation is 2. The van der Waals surface area contributed by atoms with Crippen molar-refractivity contribution in [2.45, 2.75) is 75.6 Å². The first kappa shape index (κ1) is 40.1. The summed E-state index contributed by atoms with van der Waals surface area (Å²) >= 11 is 0. The highest BCUT2D eigenvalue weighted by Crippen LogP contribution is 2.32. The molecule has 12 nitrogen and oxygen atoms in total. The smallest absolute Gasteiger partial charge is 0.335 e. The Labute approximate surface area is 327 Å². The maximum Gasteiger partial charge on any atom is 0.335 e. The highest BCUT2D eigenvalue weighted by atomic mass is 32.2. The summed E-state index contributed by atoms with van der Waals surface area (Å²) in [4.78, 5) is 52.7. The molecule has 2 amide bonds. The van der Waals surface area contributed by atoms with Gasteiger partial charge in [0.05, 0.1) is 27.6 Å². The number of carbonyl (C=O) groups excluding carboxylic acids is 2. The minimum Gasteiger partial charge on any atom is -0.481 e. The number of anilines is 3. The standard InChI is InChI=1S/C43H48N4O8S/c1-2-47(35-20-18-32(19-21-35)43(52)53)56(54,55)37-11-7-9-33(27-37)40(48)45-39-23-22-36(46-24-4-3-5-25-46)28-38(39)41(49)44-34-10-6-8-30(26-34)13-12-29-14-16-31(17-15-29)42(50)51/h6-11,14-17,22-23,26-28,32,35H,2-5,12-13,18-21,24-25H2,1H3,(H,44,49)(H,45,48)(H,50,51)(H,52,53)/t32-,35-. The van der Waals surface area contributed by atoms with Gasteiger partial charge in [-0.25, -0.2) is 13.2 Å². The van der Waals surface area contributed by atoms with Crippen LogP contribution < -0.4 is 15.5 Å². The number of carboxylic acid groups (broad SMARTS) is 2. The highest BCUT2D eigenvalue weighted by molar-refractivity contribution is 7.89. The fraction of sp³-hybridized carbons (Fsp3) is 0.349. The number of benzene rings is 4. The van der Waals surface area contributed by atoms with Crippen molar-refractivity contribution in [3.05, 3.63) is 119 Å². The zero-order valence-electron chi connectivity index (χ0n) is 31.4. The lowest BCUT2D eigenvalue weighted by atomic mass is 9.86. The van der Waals surface area contributed by atoms with Gasteiger partial charge in [0.2, 0.25) is 10.0 Å². The third-order valence-electron chi connectivity index (χ3n) is 10.8. The summed E-state index contributed by atoms with van der Waals surface area (Å²) < 4.78 is 29.2. The molecule has 56 heavy (non-hydrogen) atoms. The second-order valence-electron chi connectivity index (χ2n) is 14.5. The molecule has 0 unspecified atom stereocenters. The second-order valence-corrected chi connectivity index (χ2v) is 16.4. The lowest BCUT2D eigenvalue weighted by Crippen LogP contribution is -2.42. The van der Waals surface area contributed by atoms with E-state index >= 15 is 0 Å². The minimum absolute atomic E-state index is 0.0390. The monoisotopic (exact) mass is 780 g/mol. The molecule has 4 aromatic rings. The van der Waals surface area contributed by atoms with Crippen LogP contribution in [0.2, 0.25) is 0 Å². The van der Waals surface area contributed by atoms with Crippen molar-refractivity contribution in [2.24, 2.45) is 5.92 Å². The van der Waals surface area contributed by atoms with Crippen molar-refractivity contribution in [3.63, 3.8) is 0 Å². The Hall–Kier alpha value is -5.53.